The first-order valence-corrected chi connectivity index (χ1v) is 10.1. The van der Waals surface area contributed by atoms with Crippen LogP contribution in [0.1, 0.15) is 42.1 Å². The van der Waals surface area contributed by atoms with Gasteiger partial charge < -0.3 is 20.7 Å². The summed E-state index contributed by atoms with van der Waals surface area (Å²) < 4.78 is 5.39. The summed E-state index contributed by atoms with van der Waals surface area (Å²) in [6, 6.07) is 14.9. The largest absolute Gasteiger partial charge is 0.378 e. The summed E-state index contributed by atoms with van der Waals surface area (Å²) >= 11 is 0. The van der Waals surface area contributed by atoms with Gasteiger partial charge in [0.15, 0.2) is 0 Å². The van der Waals surface area contributed by atoms with Gasteiger partial charge >= 0.3 is 0 Å². The van der Waals surface area contributed by atoms with Crippen LogP contribution in [0.25, 0.3) is 0 Å². The van der Waals surface area contributed by atoms with Crippen molar-refractivity contribution in [1.29, 1.82) is 0 Å². The average Bonchev–Trinajstić information content (AvgIpc) is 2.73. The predicted molar refractivity (Wildman–Crippen MR) is 115 cm³/mol. The summed E-state index contributed by atoms with van der Waals surface area (Å²) in [5.74, 6) is -0.809. The van der Waals surface area contributed by atoms with Crippen LogP contribution >= 0.6 is 0 Å². The molecule has 0 bridgehead atoms. The Kier molecular flexibility index (Phi) is 6.88. The van der Waals surface area contributed by atoms with Gasteiger partial charge in [0.2, 0.25) is 11.8 Å². The molecule has 0 saturated carbocycles. The third-order valence-corrected chi connectivity index (χ3v) is 5.14. The maximum Gasteiger partial charge on any atom is 0.249 e. The molecule has 3 N–H and O–H groups in total. The van der Waals surface area contributed by atoms with Gasteiger partial charge in [-0.05, 0) is 48.2 Å². The van der Waals surface area contributed by atoms with Crippen LogP contribution in [0.15, 0.2) is 48.5 Å². The summed E-state index contributed by atoms with van der Waals surface area (Å²) in [6.07, 6.45) is 0.627. The van der Waals surface area contributed by atoms with Crippen molar-refractivity contribution < 1.29 is 14.3 Å². The summed E-state index contributed by atoms with van der Waals surface area (Å²) in [4.78, 5) is 27.2. The zero-order chi connectivity index (χ0) is 20.8. The molecule has 2 amide bonds. The van der Waals surface area contributed by atoms with Crippen molar-refractivity contribution in [3.8, 4) is 0 Å². The van der Waals surface area contributed by atoms with E-state index < -0.39 is 11.8 Å². The fourth-order valence-electron chi connectivity index (χ4n) is 3.68. The van der Waals surface area contributed by atoms with E-state index in [0.717, 1.165) is 37.7 Å². The van der Waals surface area contributed by atoms with Crippen molar-refractivity contribution in [3.63, 3.8) is 0 Å². The molecule has 3 rings (SSSR count). The molecule has 29 heavy (non-hydrogen) atoms. The first-order valence-electron chi connectivity index (χ1n) is 10.1. The van der Waals surface area contributed by atoms with E-state index in [1.807, 2.05) is 36.4 Å². The van der Waals surface area contributed by atoms with Gasteiger partial charge in [0, 0.05) is 30.0 Å². The Morgan fingerprint density at radius 3 is 2.34 bits per heavy atom. The quantitative estimate of drug-likeness (QED) is 0.753. The number of hydrogen-bond acceptors (Lipinski definition) is 4. The lowest BCUT2D eigenvalue weighted by molar-refractivity contribution is -0.117. The molecule has 1 unspecified atom stereocenters. The Labute approximate surface area is 172 Å². The van der Waals surface area contributed by atoms with Crippen LogP contribution in [-0.2, 0) is 9.53 Å². The number of nitrogens with zero attached hydrogens (tertiary/aromatic N) is 1. The number of benzene rings is 2. The lowest BCUT2D eigenvalue weighted by Crippen LogP contribution is -2.36. The molecule has 2 aromatic carbocycles. The lowest BCUT2D eigenvalue weighted by atomic mass is 9.86. The molecule has 1 heterocycles. The number of primary amides is 1. The lowest BCUT2D eigenvalue weighted by Gasteiger charge is -2.29. The molecule has 1 fully saturated rings. The normalized spacial score (nSPS) is 15.2. The standard InChI is InChI=1S/C23H29N3O3/c1-16(2)15-21(19-5-3-4-6-20(19)22(24)27)23(28)25-17-7-9-18(10-8-17)26-11-13-29-14-12-26/h3-10,16,21H,11-15H2,1-2H3,(H2,24,27)(H,25,28). The third-order valence-electron chi connectivity index (χ3n) is 5.14. The number of amides is 2. The molecule has 154 valence electrons. The second-order valence-electron chi connectivity index (χ2n) is 7.77. The van der Waals surface area contributed by atoms with Gasteiger partial charge in [0.25, 0.3) is 0 Å². The summed E-state index contributed by atoms with van der Waals surface area (Å²) in [5, 5.41) is 3.01. The fraction of sp³-hybridized carbons (Fsp3) is 0.391. The fourth-order valence-corrected chi connectivity index (χ4v) is 3.68. The second kappa shape index (κ2) is 9.56. The van der Waals surface area contributed by atoms with E-state index in [9.17, 15) is 9.59 Å². The van der Waals surface area contributed by atoms with Crippen LogP contribution in [0.5, 0.6) is 0 Å². The van der Waals surface area contributed by atoms with E-state index in [-0.39, 0.29) is 11.8 Å². The Bertz CT molecular complexity index is 843. The molecular formula is C23H29N3O3. The van der Waals surface area contributed by atoms with Gasteiger partial charge in [-0.3, -0.25) is 9.59 Å². The number of carbonyl (C=O) groups is 2. The van der Waals surface area contributed by atoms with Crippen molar-refractivity contribution in [1.82, 2.24) is 0 Å². The topological polar surface area (TPSA) is 84.7 Å². The van der Waals surface area contributed by atoms with Crippen molar-refractivity contribution >= 4 is 23.2 Å². The minimum absolute atomic E-state index is 0.133. The number of ether oxygens (including phenoxy) is 1. The maximum absolute atomic E-state index is 13.1. The van der Waals surface area contributed by atoms with Gasteiger partial charge in [-0.1, -0.05) is 32.0 Å². The van der Waals surface area contributed by atoms with E-state index >= 15 is 0 Å². The first kappa shape index (κ1) is 20.9. The Hall–Kier alpha value is -2.86. The predicted octanol–water partition coefficient (Wildman–Crippen LogP) is 3.39. The molecule has 1 saturated heterocycles. The minimum Gasteiger partial charge on any atom is -0.378 e. The number of morpholine rings is 1. The highest BCUT2D eigenvalue weighted by molar-refractivity contribution is 6.00. The zero-order valence-electron chi connectivity index (χ0n) is 17.1. The third kappa shape index (κ3) is 5.35. The highest BCUT2D eigenvalue weighted by Crippen LogP contribution is 2.29. The maximum atomic E-state index is 13.1. The van der Waals surface area contributed by atoms with Crippen LogP contribution in [0, 0.1) is 5.92 Å². The monoisotopic (exact) mass is 395 g/mol. The van der Waals surface area contributed by atoms with Crippen LogP contribution < -0.4 is 16.0 Å². The molecule has 6 nitrogen and oxygen atoms in total. The molecular weight excluding hydrogens is 366 g/mol. The number of anilines is 2. The van der Waals surface area contributed by atoms with Crippen molar-refractivity contribution in [3.05, 3.63) is 59.7 Å². The Morgan fingerprint density at radius 1 is 1.07 bits per heavy atom. The molecule has 1 aliphatic rings. The Balaban J connectivity index is 1.77. The summed E-state index contributed by atoms with van der Waals surface area (Å²) in [7, 11) is 0. The molecule has 2 aromatic rings. The molecule has 1 aliphatic heterocycles. The second-order valence-corrected chi connectivity index (χ2v) is 7.77. The average molecular weight is 396 g/mol. The van der Waals surface area contributed by atoms with E-state index in [1.54, 1.807) is 12.1 Å². The summed E-state index contributed by atoms with van der Waals surface area (Å²) in [5.41, 5.74) is 8.46. The van der Waals surface area contributed by atoms with Gasteiger partial charge in [-0.25, -0.2) is 0 Å². The van der Waals surface area contributed by atoms with Crippen molar-refractivity contribution in [2.45, 2.75) is 26.2 Å². The van der Waals surface area contributed by atoms with Crippen LogP contribution in [0.4, 0.5) is 11.4 Å². The summed E-state index contributed by atoms with van der Waals surface area (Å²) in [6.45, 7) is 7.32. The SMILES string of the molecule is CC(C)CC(C(=O)Nc1ccc(N2CCOCC2)cc1)c1ccccc1C(N)=O. The highest BCUT2D eigenvalue weighted by atomic mass is 16.5. The number of carbonyl (C=O) groups excluding carboxylic acids is 2. The number of hydrogen-bond donors (Lipinski definition) is 2. The zero-order valence-corrected chi connectivity index (χ0v) is 17.1. The van der Waals surface area contributed by atoms with Gasteiger partial charge in [0.1, 0.15) is 0 Å². The van der Waals surface area contributed by atoms with Crippen molar-refractivity contribution in [2.24, 2.45) is 11.7 Å². The number of nitrogens with two attached hydrogens (primary N) is 1. The highest BCUT2D eigenvalue weighted by Gasteiger charge is 2.25. The molecule has 0 aliphatic carbocycles. The molecule has 1 atom stereocenters. The minimum atomic E-state index is -0.517. The van der Waals surface area contributed by atoms with Gasteiger partial charge in [-0.15, -0.1) is 0 Å². The van der Waals surface area contributed by atoms with Crippen molar-refractivity contribution in [2.75, 3.05) is 36.5 Å². The molecule has 0 spiro atoms. The van der Waals surface area contributed by atoms with Gasteiger partial charge in [0.05, 0.1) is 19.1 Å². The van der Waals surface area contributed by atoms with Gasteiger partial charge in [-0.2, -0.15) is 0 Å². The molecule has 0 radical (unpaired) electrons. The van der Waals surface area contributed by atoms with Crippen LogP contribution in [0.3, 0.4) is 0 Å². The van der Waals surface area contributed by atoms with E-state index in [4.69, 9.17) is 10.5 Å². The smallest absolute Gasteiger partial charge is 0.249 e. The van der Waals surface area contributed by atoms with E-state index in [0.29, 0.717) is 17.5 Å². The number of rotatable bonds is 7. The van der Waals surface area contributed by atoms with E-state index in [1.165, 1.54) is 0 Å². The molecule has 6 heteroatoms. The van der Waals surface area contributed by atoms with E-state index in [2.05, 4.69) is 24.1 Å². The first-order chi connectivity index (χ1) is 14.0. The Morgan fingerprint density at radius 2 is 1.72 bits per heavy atom. The van der Waals surface area contributed by atoms with Crippen LogP contribution in [0.2, 0.25) is 0 Å². The number of nitrogens with one attached hydrogen (secondary N) is 1. The van der Waals surface area contributed by atoms with Crippen LogP contribution in [-0.4, -0.2) is 38.1 Å². The molecule has 0 aromatic heterocycles.